The molecule has 0 amide bonds. The topological polar surface area (TPSA) is 0 Å². The van der Waals surface area contributed by atoms with Crippen molar-refractivity contribution >= 4 is 11.8 Å². The summed E-state index contributed by atoms with van der Waals surface area (Å²) in [6, 6.07) is 0. The number of hydrogen-bond donors (Lipinski definition) is 0. The summed E-state index contributed by atoms with van der Waals surface area (Å²) in [5, 5.41) is 0. The lowest BCUT2D eigenvalue weighted by molar-refractivity contribution is 0.487. The molecule has 0 bridgehead atoms. The van der Waals surface area contributed by atoms with Crippen LogP contribution >= 0.6 is 11.8 Å². The molecule has 52 valence electrons. The molecular formula is C8H14S. The highest BCUT2D eigenvalue weighted by Crippen LogP contribution is 2.55. The minimum Gasteiger partial charge on any atom is -0.155 e. The molecule has 1 atom stereocenters. The van der Waals surface area contributed by atoms with E-state index < -0.39 is 0 Å². The molecule has 9 heavy (non-hydrogen) atoms. The van der Waals surface area contributed by atoms with Crippen molar-refractivity contribution in [1.29, 1.82) is 0 Å². The Balaban J connectivity index is 1.96. The predicted molar refractivity (Wildman–Crippen MR) is 42.8 cm³/mol. The quantitative estimate of drug-likeness (QED) is 0.501. The minimum absolute atomic E-state index is 0.817. The first-order valence-electron chi connectivity index (χ1n) is 3.95. The molecule has 2 aliphatic rings. The summed E-state index contributed by atoms with van der Waals surface area (Å²) in [6.07, 6.45) is 6.01. The highest BCUT2D eigenvalue weighted by molar-refractivity contribution is 8.01. The molecular weight excluding hydrogens is 128 g/mol. The first kappa shape index (κ1) is 6.09. The predicted octanol–water partition coefficient (Wildman–Crippen LogP) is 2.68. The molecule has 1 unspecified atom stereocenters. The van der Waals surface area contributed by atoms with Gasteiger partial charge in [-0.2, -0.15) is 11.8 Å². The summed E-state index contributed by atoms with van der Waals surface area (Å²) in [5.74, 6) is 2.45. The van der Waals surface area contributed by atoms with Crippen LogP contribution in [0.15, 0.2) is 0 Å². The molecule has 2 fully saturated rings. The molecule has 0 aromatic carbocycles. The van der Waals surface area contributed by atoms with Crippen molar-refractivity contribution in [1.82, 2.24) is 0 Å². The second-order valence-electron chi connectivity index (χ2n) is 3.63. The third-order valence-electron chi connectivity index (χ3n) is 2.55. The van der Waals surface area contributed by atoms with E-state index in [1.165, 1.54) is 31.4 Å². The Bertz CT molecular complexity index is 116. The van der Waals surface area contributed by atoms with Gasteiger partial charge in [-0.15, -0.1) is 0 Å². The lowest BCUT2D eigenvalue weighted by atomic mass is 10.0. The Morgan fingerprint density at radius 1 is 1.44 bits per heavy atom. The fourth-order valence-electron chi connectivity index (χ4n) is 1.76. The van der Waals surface area contributed by atoms with Gasteiger partial charge in [-0.05, 0) is 37.4 Å². The average molecular weight is 142 g/mol. The van der Waals surface area contributed by atoms with Gasteiger partial charge >= 0.3 is 0 Å². The van der Waals surface area contributed by atoms with Crippen LogP contribution in [0.25, 0.3) is 0 Å². The molecule has 1 heteroatoms. The Morgan fingerprint density at radius 2 is 2.22 bits per heavy atom. The standard InChI is InChI=1S/C8H14S/c1-7-2-5-9-8(6-7)3-4-8/h7H,2-6H2,1H3. The zero-order valence-corrected chi connectivity index (χ0v) is 6.84. The second-order valence-corrected chi connectivity index (χ2v) is 5.19. The van der Waals surface area contributed by atoms with E-state index in [2.05, 4.69) is 18.7 Å². The summed E-state index contributed by atoms with van der Waals surface area (Å²) in [4.78, 5) is 0. The van der Waals surface area contributed by atoms with Crippen molar-refractivity contribution in [3.63, 3.8) is 0 Å². The largest absolute Gasteiger partial charge is 0.155 e. The van der Waals surface area contributed by atoms with E-state index >= 15 is 0 Å². The first-order valence-corrected chi connectivity index (χ1v) is 4.93. The van der Waals surface area contributed by atoms with Crippen molar-refractivity contribution in [3.8, 4) is 0 Å². The lowest BCUT2D eigenvalue weighted by Gasteiger charge is -2.25. The van der Waals surface area contributed by atoms with E-state index in [1.54, 1.807) is 0 Å². The zero-order chi connectivity index (χ0) is 6.32. The Labute approximate surface area is 61.4 Å². The van der Waals surface area contributed by atoms with Crippen LogP contribution in [0.2, 0.25) is 0 Å². The Morgan fingerprint density at radius 3 is 2.67 bits per heavy atom. The number of thioether (sulfide) groups is 1. The smallest absolute Gasteiger partial charge is 0.0163 e. The minimum atomic E-state index is 0.817. The molecule has 1 saturated carbocycles. The third-order valence-corrected chi connectivity index (χ3v) is 4.17. The van der Waals surface area contributed by atoms with Crippen LogP contribution in [-0.2, 0) is 0 Å². The first-order chi connectivity index (χ1) is 4.31. The molecule has 0 N–H and O–H groups in total. The summed E-state index contributed by atoms with van der Waals surface area (Å²) >= 11 is 2.24. The molecule has 0 aromatic rings. The van der Waals surface area contributed by atoms with Crippen LogP contribution in [0.4, 0.5) is 0 Å². The molecule has 1 spiro atoms. The van der Waals surface area contributed by atoms with Gasteiger partial charge in [0.05, 0.1) is 0 Å². The molecule has 1 aliphatic heterocycles. The van der Waals surface area contributed by atoms with Gasteiger partial charge in [-0.3, -0.25) is 0 Å². The van der Waals surface area contributed by atoms with E-state index in [0.29, 0.717) is 0 Å². The van der Waals surface area contributed by atoms with Gasteiger partial charge in [0.15, 0.2) is 0 Å². The number of rotatable bonds is 0. The highest BCUT2D eigenvalue weighted by Gasteiger charge is 2.45. The fourth-order valence-corrected chi connectivity index (χ4v) is 3.51. The van der Waals surface area contributed by atoms with Gasteiger partial charge in [0.1, 0.15) is 0 Å². The Kier molecular flexibility index (Phi) is 1.29. The van der Waals surface area contributed by atoms with Gasteiger partial charge < -0.3 is 0 Å². The molecule has 0 nitrogen and oxygen atoms in total. The van der Waals surface area contributed by atoms with Gasteiger partial charge in [0.2, 0.25) is 0 Å². The van der Waals surface area contributed by atoms with Crippen molar-refractivity contribution in [3.05, 3.63) is 0 Å². The zero-order valence-electron chi connectivity index (χ0n) is 6.02. The second kappa shape index (κ2) is 1.91. The van der Waals surface area contributed by atoms with Gasteiger partial charge in [0.25, 0.3) is 0 Å². The van der Waals surface area contributed by atoms with Crippen molar-refractivity contribution in [2.75, 3.05) is 5.75 Å². The van der Waals surface area contributed by atoms with Crippen LogP contribution in [0.1, 0.15) is 32.6 Å². The van der Waals surface area contributed by atoms with E-state index in [0.717, 1.165) is 10.7 Å². The normalized spacial score (nSPS) is 39.0. The van der Waals surface area contributed by atoms with Crippen molar-refractivity contribution in [2.24, 2.45) is 5.92 Å². The van der Waals surface area contributed by atoms with Crippen LogP contribution in [0.5, 0.6) is 0 Å². The number of hydrogen-bond acceptors (Lipinski definition) is 1. The molecule has 1 saturated heterocycles. The maximum Gasteiger partial charge on any atom is 0.0163 e. The fraction of sp³-hybridized carbons (Fsp3) is 1.00. The van der Waals surface area contributed by atoms with E-state index in [-0.39, 0.29) is 0 Å². The molecule has 1 aliphatic carbocycles. The van der Waals surface area contributed by atoms with Crippen molar-refractivity contribution < 1.29 is 0 Å². The molecule has 0 radical (unpaired) electrons. The maximum atomic E-state index is 2.40. The molecule has 0 aromatic heterocycles. The monoisotopic (exact) mass is 142 g/mol. The van der Waals surface area contributed by atoms with E-state index in [1.807, 2.05) is 0 Å². The maximum absolute atomic E-state index is 2.40. The van der Waals surface area contributed by atoms with Gasteiger partial charge in [-0.25, -0.2) is 0 Å². The van der Waals surface area contributed by atoms with Gasteiger partial charge in [0, 0.05) is 4.75 Å². The van der Waals surface area contributed by atoms with Crippen LogP contribution < -0.4 is 0 Å². The van der Waals surface area contributed by atoms with Gasteiger partial charge in [-0.1, -0.05) is 6.92 Å². The molecule has 2 rings (SSSR count). The summed E-state index contributed by atoms with van der Waals surface area (Å²) in [5.41, 5.74) is 0. The van der Waals surface area contributed by atoms with Crippen LogP contribution in [-0.4, -0.2) is 10.5 Å². The highest BCUT2D eigenvalue weighted by atomic mass is 32.2. The molecule has 1 heterocycles. The average Bonchev–Trinajstić information content (AvgIpc) is 2.49. The summed E-state index contributed by atoms with van der Waals surface area (Å²) < 4.78 is 0.817. The summed E-state index contributed by atoms with van der Waals surface area (Å²) in [7, 11) is 0. The SMILES string of the molecule is CC1CCSC2(CC2)C1. The summed E-state index contributed by atoms with van der Waals surface area (Å²) in [6.45, 7) is 2.40. The Hall–Kier alpha value is 0.350. The van der Waals surface area contributed by atoms with Crippen LogP contribution in [0.3, 0.4) is 0 Å². The lowest BCUT2D eigenvalue weighted by Crippen LogP contribution is -2.16. The van der Waals surface area contributed by atoms with Crippen molar-refractivity contribution in [2.45, 2.75) is 37.4 Å². The third kappa shape index (κ3) is 1.12. The van der Waals surface area contributed by atoms with E-state index in [4.69, 9.17) is 0 Å². The van der Waals surface area contributed by atoms with Crippen LogP contribution in [0, 0.1) is 5.92 Å². The van der Waals surface area contributed by atoms with E-state index in [9.17, 15) is 0 Å².